The van der Waals surface area contributed by atoms with Gasteiger partial charge in [-0.05, 0) is 31.6 Å². The number of phosphoric ester groups is 2. The lowest BCUT2D eigenvalue weighted by Gasteiger charge is -2.21. The highest BCUT2D eigenvalue weighted by Gasteiger charge is 2.30. The van der Waals surface area contributed by atoms with Crippen molar-refractivity contribution < 1.29 is 80.2 Å². The van der Waals surface area contributed by atoms with Gasteiger partial charge in [0, 0.05) is 25.7 Å². The van der Waals surface area contributed by atoms with Gasteiger partial charge in [-0.25, -0.2) is 9.13 Å². The van der Waals surface area contributed by atoms with Crippen molar-refractivity contribution in [1.29, 1.82) is 0 Å². The lowest BCUT2D eigenvalue weighted by Crippen LogP contribution is -2.30. The first-order valence-electron chi connectivity index (χ1n) is 44.6. The van der Waals surface area contributed by atoms with Crippen molar-refractivity contribution in [2.45, 2.75) is 483 Å². The molecule has 624 valence electrons. The van der Waals surface area contributed by atoms with Crippen LogP contribution < -0.4 is 0 Å². The second kappa shape index (κ2) is 78.7. The number of hydrogen-bond acceptors (Lipinski definition) is 15. The SMILES string of the molecule is CCCCCCCCCCCCCCCCCCCCCCCCC(=O)O[C@H](COC(=O)CCCCCCCCCCCCCCCCCCC(C)C)COP(=O)(O)OC[C@@H](O)COP(=O)(O)OC[C@@H](COC(=O)CCCCCCCCCCC)OC(=O)CCCCCCCCCCCCCCCCC. The predicted octanol–water partition coefficient (Wildman–Crippen LogP) is 26.4. The minimum absolute atomic E-state index is 0.109. The van der Waals surface area contributed by atoms with Crippen LogP contribution in [-0.2, 0) is 65.4 Å². The van der Waals surface area contributed by atoms with Crippen LogP contribution in [0, 0.1) is 5.92 Å². The summed E-state index contributed by atoms with van der Waals surface area (Å²) in [4.78, 5) is 73.1. The Kier molecular flexibility index (Phi) is 77.3. The maximum absolute atomic E-state index is 13.1. The molecule has 0 amide bonds. The van der Waals surface area contributed by atoms with E-state index in [9.17, 15) is 43.2 Å². The van der Waals surface area contributed by atoms with Crippen LogP contribution in [0.2, 0.25) is 0 Å². The normalized spacial score (nSPS) is 13.8. The first-order chi connectivity index (χ1) is 51.0. The van der Waals surface area contributed by atoms with E-state index in [1.165, 1.54) is 289 Å². The second-order valence-corrected chi connectivity index (χ2v) is 34.3. The molecule has 0 aromatic carbocycles. The van der Waals surface area contributed by atoms with E-state index in [0.717, 1.165) is 95.8 Å². The van der Waals surface area contributed by atoms with E-state index in [1.807, 2.05) is 0 Å². The summed E-state index contributed by atoms with van der Waals surface area (Å²) in [6.07, 6.45) is 72.3. The fraction of sp³-hybridized carbons (Fsp3) is 0.953. The minimum Gasteiger partial charge on any atom is -0.462 e. The third-order valence-electron chi connectivity index (χ3n) is 20.3. The van der Waals surface area contributed by atoms with Gasteiger partial charge in [0.25, 0.3) is 0 Å². The van der Waals surface area contributed by atoms with Crippen molar-refractivity contribution >= 4 is 39.5 Å². The average Bonchev–Trinajstić information content (AvgIpc) is 0.973. The summed E-state index contributed by atoms with van der Waals surface area (Å²) in [5.41, 5.74) is 0. The Bertz CT molecular complexity index is 2000. The Hall–Kier alpha value is -1.94. The Morgan fingerprint density at radius 1 is 0.257 bits per heavy atom. The molecule has 0 aliphatic carbocycles. The number of carbonyl (C=O) groups is 4. The van der Waals surface area contributed by atoms with E-state index < -0.39 is 97.5 Å². The number of aliphatic hydroxyl groups is 1. The summed E-state index contributed by atoms with van der Waals surface area (Å²) in [5, 5.41) is 10.7. The van der Waals surface area contributed by atoms with Gasteiger partial charge in [-0.1, -0.05) is 413 Å². The van der Waals surface area contributed by atoms with E-state index in [0.29, 0.717) is 25.7 Å². The van der Waals surface area contributed by atoms with Gasteiger partial charge in [-0.2, -0.15) is 0 Å². The van der Waals surface area contributed by atoms with Crippen LogP contribution in [0.3, 0.4) is 0 Å². The maximum Gasteiger partial charge on any atom is 0.472 e. The highest BCUT2D eigenvalue weighted by Crippen LogP contribution is 2.45. The summed E-state index contributed by atoms with van der Waals surface area (Å²) < 4.78 is 68.8. The standard InChI is InChI=1S/C86H168O17P2/c1-6-9-12-15-18-21-23-25-27-28-29-30-31-32-33-39-43-47-52-57-62-67-72-86(91)103-82(76-97-84(89)70-65-60-55-50-45-41-38-35-34-37-40-44-49-53-58-63-68-79(4)5)78-101-105(94,95)99-74-80(87)73-98-104(92,93)100-77-81(75-96-83(88)69-64-59-54-48-20-17-14-11-8-3)102-85(90)71-66-61-56-51-46-42-36-26-24-22-19-16-13-10-7-2/h79-82,87H,6-78H2,1-5H3,(H,92,93)(H,94,95)/t80-,81+,82+/m0/s1. The molecule has 0 saturated carbocycles. The molecule has 0 rings (SSSR count). The van der Waals surface area contributed by atoms with Gasteiger partial charge in [0.1, 0.15) is 19.3 Å². The number of unbranched alkanes of at least 4 members (excludes halogenated alkanes) is 58. The number of hydrogen-bond donors (Lipinski definition) is 3. The van der Waals surface area contributed by atoms with Gasteiger partial charge in [0.2, 0.25) is 0 Å². The molecule has 5 atom stereocenters. The van der Waals surface area contributed by atoms with Crippen LogP contribution in [0.25, 0.3) is 0 Å². The van der Waals surface area contributed by atoms with Crippen molar-refractivity contribution in [2.75, 3.05) is 39.6 Å². The molecule has 17 nitrogen and oxygen atoms in total. The molecule has 19 heteroatoms. The van der Waals surface area contributed by atoms with Crippen LogP contribution in [-0.4, -0.2) is 96.7 Å². The van der Waals surface area contributed by atoms with Crippen LogP contribution in [0.4, 0.5) is 0 Å². The highest BCUT2D eigenvalue weighted by molar-refractivity contribution is 7.47. The van der Waals surface area contributed by atoms with Gasteiger partial charge in [0.15, 0.2) is 12.2 Å². The average molecular weight is 1540 g/mol. The largest absolute Gasteiger partial charge is 0.472 e. The molecule has 0 radical (unpaired) electrons. The molecule has 0 spiro atoms. The molecule has 0 heterocycles. The molecular formula is C86H168O17P2. The lowest BCUT2D eigenvalue weighted by molar-refractivity contribution is -0.161. The zero-order valence-electron chi connectivity index (χ0n) is 68.9. The van der Waals surface area contributed by atoms with E-state index >= 15 is 0 Å². The molecule has 2 unspecified atom stereocenters. The molecule has 105 heavy (non-hydrogen) atoms. The first-order valence-corrected chi connectivity index (χ1v) is 47.6. The molecule has 0 aromatic heterocycles. The maximum atomic E-state index is 13.1. The van der Waals surface area contributed by atoms with Gasteiger partial charge >= 0.3 is 39.5 Å². The van der Waals surface area contributed by atoms with Crippen LogP contribution >= 0.6 is 15.6 Å². The number of esters is 4. The Balaban J connectivity index is 5.19. The van der Waals surface area contributed by atoms with Crippen molar-refractivity contribution in [3.05, 3.63) is 0 Å². The molecule has 3 N–H and O–H groups in total. The number of phosphoric acid groups is 2. The van der Waals surface area contributed by atoms with Crippen molar-refractivity contribution in [2.24, 2.45) is 5.92 Å². The summed E-state index contributed by atoms with van der Waals surface area (Å²) in [6, 6.07) is 0. The molecule has 0 bridgehead atoms. The quantitative estimate of drug-likeness (QED) is 0.0222. The fourth-order valence-electron chi connectivity index (χ4n) is 13.5. The predicted molar refractivity (Wildman–Crippen MR) is 432 cm³/mol. The lowest BCUT2D eigenvalue weighted by atomic mass is 10.0. The van der Waals surface area contributed by atoms with Crippen molar-refractivity contribution in [1.82, 2.24) is 0 Å². The molecule has 0 saturated heterocycles. The zero-order chi connectivity index (χ0) is 76.9. The molecule has 0 aliphatic heterocycles. The third-order valence-corrected chi connectivity index (χ3v) is 22.2. The summed E-state index contributed by atoms with van der Waals surface area (Å²) >= 11 is 0. The molecule has 0 aliphatic rings. The first kappa shape index (κ1) is 103. The van der Waals surface area contributed by atoms with Gasteiger partial charge in [-0.15, -0.1) is 0 Å². The number of carbonyl (C=O) groups excluding carboxylic acids is 4. The van der Waals surface area contributed by atoms with E-state index in [1.54, 1.807) is 0 Å². The van der Waals surface area contributed by atoms with E-state index in [-0.39, 0.29) is 25.7 Å². The number of aliphatic hydroxyl groups excluding tert-OH is 1. The molecule has 0 fully saturated rings. The Labute approximate surface area is 645 Å². The van der Waals surface area contributed by atoms with Crippen molar-refractivity contribution in [3.63, 3.8) is 0 Å². The minimum atomic E-state index is -4.96. The summed E-state index contributed by atoms with van der Waals surface area (Å²) in [5.74, 6) is -1.29. The van der Waals surface area contributed by atoms with Crippen molar-refractivity contribution in [3.8, 4) is 0 Å². The van der Waals surface area contributed by atoms with Crippen LogP contribution in [0.1, 0.15) is 465 Å². The molecule has 0 aromatic rings. The second-order valence-electron chi connectivity index (χ2n) is 31.4. The van der Waals surface area contributed by atoms with Gasteiger partial charge in [0.05, 0.1) is 26.4 Å². The monoisotopic (exact) mass is 1540 g/mol. The Morgan fingerprint density at radius 2 is 0.438 bits per heavy atom. The van der Waals surface area contributed by atoms with Gasteiger partial charge in [-0.3, -0.25) is 37.3 Å². The number of ether oxygens (including phenoxy) is 4. The summed E-state index contributed by atoms with van der Waals surface area (Å²) in [7, 11) is -9.92. The number of rotatable bonds is 86. The zero-order valence-corrected chi connectivity index (χ0v) is 70.7. The Morgan fingerprint density at radius 3 is 0.648 bits per heavy atom. The topological polar surface area (TPSA) is 237 Å². The smallest absolute Gasteiger partial charge is 0.462 e. The highest BCUT2D eigenvalue weighted by atomic mass is 31.2. The van der Waals surface area contributed by atoms with Gasteiger partial charge < -0.3 is 33.8 Å². The van der Waals surface area contributed by atoms with E-state index in [2.05, 4.69) is 34.6 Å². The summed E-state index contributed by atoms with van der Waals surface area (Å²) in [6.45, 7) is 7.38. The fourth-order valence-corrected chi connectivity index (χ4v) is 15.1. The van der Waals surface area contributed by atoms with Crippen LogP contribution in [0.15, 0.2) is 0 Å². The molecular weight excluding hydrogens is 1370 g/mol. The van der Waals surface area contributed by atoms with Crippen LogP contribution in [0.5, 0.6) is 0 Å². The van der Waals surface area contributed by atoms with E-state index in [4.69, 9.17) is 37.0 Å². The third kappa shape index (κ3) is 79.9.